The van der Waals surface area contributed by atoms with Crippen molar-refractivity contribution >= 4 is 22.8 Å². The maximum Gasteiger partial charge on any atom is 0.491 e. The molecule has 0 saturated carbocycles. The van der Waals surface area contributed by atoms with Gasteiger partial charge < -0.3 is 19.0 Å². The Labute approximate surface area is 175 Å². The van der Waals surface area contributed by atoms with Gasteiger partial charge >= 0.3 is 12.1 Å². The van der Waals surface area contributed by atoms with Crippen LogP contribution < -0.4 is 4.90 Å². The van der Waals surface area contributed by atoms with Crippen molar-refractivity contribution in [3.05, 3.63) is 42.5 Å². The Morgan fingerprint density at radius 2 is 1.94 bits per heavy atom. The van der Waals surface area contributed by atoms with Crippen LogP contribution in [0.4, 0.5) is 19.0 Å². The molecule has 2 aliphatic rings. The molecule has 0 bridgehead atoms. The number of carbonyl (C=O) groups is 1. The molecule has 0 N–H and O–H groups in total. The molecule has 10 heteroatoms. The zero-order valence-corrected chi connectivity index (χ0v) is 16.5. The zero-order chi connectivity index (χ0) is 21.8. The molecule has 2 aromatic heterocycles. The number of likely N-dealkylation sites (tertiary alicyclic amines) is 1. The van der Waals surface area contributed by atoms with Crippen LogP contribution >= 0.6 is 0 Å². The summed E-state index contributed by atoms with van der Waals surface area (Å²) < 4.78 is 49.2. The fourth-order valence-electron chi connectivity index (χ4n) is 4.49. The molecular weight excluding hydrogens is 413 g/mol. The van der Waals surface area contributed by atoms with Crippen molar-refractivity contribution in [2.75, 3.05) is 31.6 Å². The van der Waals surface area contributed by atoms with E-state index in [1.54, 1.807) is 17.0 Å². The lowest BCUT2D eigenvalue weighted by atomic mass is 9.99. The number of para-hydroxylation sites is 1. The molecule has 0 aliphatic carbocycles. The van der Waals surface area contributed by atoms with E-state index in [1.165, 1.54) is 0 Å². The molecule has 2 fully saturated rings. The van der Waals surface area contributed by atoms with Gasteiger partial charge in [0.15, 0.2) is 17.8 Å². The number of hydrogen-bond donors (Lipinski definition) is 0. The quantitative estimate of drug-likeness (QED) is 0.588. The highest BCUT2D eigenvalue weighted by Gasteiger charge is 2.52. The summed E-state index contributed by atoms with van der Waals surface area (Å²) in [4.78, 5) is 15.2. The molecule has 3 atom stereocenters. The summed E-state index contributed by atoms with van der Waals surface area (Å²) in [5.74, 6) is -1.44. The third-order valence-electron chi connectivity index (χ3n) is 5.86. The minimum atomic E-state index is -5.05. The van der Waals surface area contributed by atoms with Gasteiger partial charge in [-0.25, -0.2) is 4.79 Å². The molecule has 0 radical (unpaired) electrons. The average Bonchev–Trinajstić information content (AvgIpc) is 3.40. The van der Waals surface area contributed by atoms with E-state index in [9.17, 15) is 18.0 Å². The Balaban J connectivity index is 1.41. The molecule has 162 valence electrons. The Bertz CT molecular complexity index is 1080. The third-order valence-corrected chi connectivity index (χ3v) is 5.86. The van der Waals surface area contributed by atoms with Crippen LogP contribution in [0.3, 0.4) is 0 Å². The number of benzene rings is 1. The van der Waals surface area contributed by atoms with Crippen molar-refractivity contribution in [3.63, 3.8) is 0 Å². The van der Waals surface area contributed by atoms with E-state index < -0.39 is 18.4 Å². The van der Waals surface area contributed by atoms with Gasteiger partial charge in [-0.05, 0) is 37.2 Å². The van der Waals surface area contributed by atoms with Gasteiger partial charge in [0, 0.05) is 30.9 Å². The summed E-state index contributed by atoms with van der Waals surface area (Å²) in [6.45, 7) is 1.69. The third kappa shape index (κ3) is 3.60. The largest absolute Gasteiger partial charge is 0.491 e. The van der Waals surface area contributed by atoms with Crippen LogP contribution in [0.15, 0.2) is 46.9 Å². The number of alkyl halides is 3. The molecule has 7 nitrogen and oxygen atoms in total. The van der Waals surface area contributed by atoms with Crippen molar-refractivity contribution in [1.29, 1.82) is 0 Å². The molecule has 2 saturated heterocycles. The van der Waals surface area contributed by atoms with Gasteiger partial charge in [-0.15, -0.1) is 10.2 Å². The number of fused-ring (bicyclic) bond motifs is 2. The fraction of sp³-hybridized carbons (Fsp3) is 0.381. The highest BCUT2D eigenvalue weighted by atomic mass is 19.4. The predicted molar refractivity (Wildman–Crippen MR) is 105 cm³/mol. The number of halogens is 3. The first kappa shape index (κ1) is 19.8. The predicted octanol–water partition coefficient (Wildman–Crippen LogP) is 3.32. The topological polar surface area (TPSA) is 71.7 Å². The number of furan rings is 1. The van der Waals surface area contributed by atoms with Crippen LogP contribution in [-0.4, -0.2) is 60.2 Å². The Hall–Kier alpha value is -3.14. The highest BCUT2D eigenvalue weighted by Crippen LogP contribution is 2.39. The summed E-state index contributed by atoms with van der Waals surface area (Å²) in [5, 5.41) is 9.33. The summed E-state index contributed by atoms with van der Waals surface area (Å²) in [6.07, 6.45) is -6.10. The lowest BCUT2D eigenvalue weighted by molar-refractivity contribution is -0.206. The number of nitrogens with zero attached hydrogens (tertiary/aromatic N) is 4. The lowest BCUT2D eigenvalue weighted by Crippen LogP contribution is -2.42. The molecule has 3 aromatic rings. The number of esters is 1. The van der Waals surface area contributed by atoms with Crippen molar-refractivity contribution in [1.82, 2.24) is 15.1 Å². The van der Waals surface area contributed by atoms with Crippen molar-refractivity contribution in [2.45, 2.75) is 12.4 Å². The number of rotatable bonds is 3. The summed E-state index contributed by atoms with van der Waals surface area (Å²) in [5.41, 5.74) is 1.22. The minimum Gasteiger partial charge on any atom is -0.454 e. The van der Waals surface area contributed by atoms with Crippen molar-refractivity contribution in [2.24, 2.45) is 11.8 Å². The maximum atomic E-state index is 12.8. The molecule has 1 aromatic carbocycles. The fourth-order valence-corrected chi connectivity index (χ4v) is 4.49. The molecule has 31 heavy (non-hydrogen) atoms. The molecule has 5 rings (SSSR count). The molecule has 2 aliphatic heterocycles. The smallest absolute Gasteiger partial charge is 0.454 e. The first-order chi connectivity index (χ1) is 14.8. The number of anilines is 1. The van der Waals surface area contributed by atoms with Gasteiger partial charge in [0.25, 0.3) is 0 Å². The van der Waals surface area contributed by atoms with E-state index in [1.807, 2.05) is 42.3 Å². The van der Waals surface area contributed by atoms with E-state index >= 15 is 0 Å². The summed E-state index contributed by atoms with van der Waals surface area (Å²) >= 11 is 0. The number of aromatic nitrogens is 2. The molecule has 3 unspecified atom stereocenters. The molecular formula is C21H19F3N4O3. The first-order valence-electron chi connectivity index (χ1n) is 9.85. The van der Waals surface area contributed by atoms with Crippen LogP contribution in [0, 0.1) is 11.8 Å². The van der Waals surface area contributed by atoms with Gasteiger partial charge in [0.1, 0.15) is 11.3 Å². The second kappa shape index (κ2) is 7.23. The maximum absolute atomic E-state index is 12.8. The minimum absolute atomic E-state index is 0.0767. The van der Waals surface area contributed by atoms with Gasteiger partial charge in [0.2, 0.25) is 0 Å². The SMILES string of the molecule is CN1CC2CN(c3ccc(-c4cc5ccccc5o4)nn3)C(OC(=O)C(F)(F)F)C2C1. The van der Waals surface area contributed by atoms with Crippen LogP contribution in [0.1, 0.15) is 0 Å². The van der Waals surface area contributed by atoms with E-state index in [-0.39, 0.29) is 11.8 Å². The Morgan fingerprint density at radius 1 is 1.13 bits per heavy atom. The van der Waals surface area contributed by atoms with Gasteiger partial charge in [-0.3, -0.25) is 0 Å². The summed E-state index contributed by atoms with van der Waals surface area (Å²) in [7, 11) is 1.90. The second-order valence-corrected chi connectivity index (χ2v) is 8.02. The van der Waals surface area contributed by atoms with E-state index in [0.29, 0.717) is 36.9 Å². The highest BCUT2D eigenvalue weighted by molar-refractivity contribution is 5.82. The van der Waals surface area contributed by atoms with Crippen LogP contribution in [0.5, 0.6) is 0 Å². The van der Waals surface area contributed by atoms with E-state index in [0.717, 1.165) is 11.0 Å². The van der Waals surface area contributed by atoms with Crippen LogP contribution in [0.2, 0.25) is 0 Å². The van der Waals surface area contributed by atoms with Crippen LogP contribution in [0.25, 0.3) is 22.4 Å². The normalized spacial score (nSPS) is 24.0. The number of hydrogen-bond acceptors (Lipinski definition) is 7. The van der Waals surface area contributed by atoms with Crippen molar-refractivity contribution < 1.29 is 27.1 Å². The molecule has 0 spiro atoms. The average molecular weight is 432 g/mol. The molecule has 4 heterocycles. The van der Waals surface area contributed by atoms with Gasteiger partial charge in [-0.1, -0.05) is 18.2 Å². The first-order valence-corrected chi connectivity index (χ1v) is 9.85. The Kier molecular flexibility index (Phi) is 4.62. The second-order valence-electron chi connectivity index (χ2n) is 8.02. The molecule has 0 amide bonds. The van der Waals surface area contributed by atoms with Gasteiger partial charge in [-0.2, -0.15) is 13.2 Å². The monoisotopic (exact) mass is 432 g/mol. The van der Waals surface area contributed by atoms with Crippen LogP contribution in [-0.2, 0) is 9.53 Å². The zero-order valence-electron chi connectivity index (χ0n) is 16.5. The lowest BCUT2D eigenvalue weighted by Gasteiger charge is -2.29. The van der Waals surface area contributed by atoms with Gasteiger partial charge in [0.05, 0.1) is 0 Å². The number of carbonyl (C=O) groups excluding carboxylic acids is 1. The van der Waals surface area contributed by atoms with Crippen molar-refractivity contribution in [3.8, 4) is 11.5 Å². The number of ether oxygens (including phenoxy) is 1. The standard InChI is InChI=1S/C21H19F3N4O3/c1-27-9-13-10-28(19(14(13)11-27)31-20(29)21(22,23)24)18-7-6-15(25-26-18)17-8-12-4-2-3-5-16(12)30-17/h2-8,13-14,19H,9-11H2,1H3. The van der Waals surface area contributed by atoms with E-state index in [4.69, 9.17) is 9.15 Å². The Morgan fingerprint density at radius 3 is 2.65 bits per heavy atom. The van der Waals surface area contributed by atoms with E-state index in [2.05, 4.69) is 10.2 Å². The summed E-state index contributed by atoms with van der Waals surface area (Å²) in [6, 6.07) is 12.7.